The van der Waals surface area contributed by atoms with Crippen LogP contribution >= 0.6 is 11.6 Å². The van der Waals surface area contributed by atoms with Crippen LogP contribution in [0.4, 0.5) is 5.69 Å². The van der Waals surface area contributed by atoms with E-state index in [0.29, 0.717) is 16.3 Å². The number of amides is 1. The summed E-state index contributed by atoms with van der Waals surface area (Å²) < 4.78 is 0. The van der Waals surface area contributed by atoms with Gasteiger partial charge >= 0.3 is 5.97 Å². The molecule has 2 aromatic rings. The Morgan fingerprint density at radius 3 is 2.52 bits per heavy atom. The van der Waals surface area contributed by atoms with Gasteiger partial charge in [0.25, 0.3) is 0 Å². The highest BCUT2D eigenvalue weighted by atomic mass is 35.5. The Balaban J connectivity index is 2.18. The Labute approximate surface area is 127 Å². The second-order valence-electron chi connectivity index (χ2n) is 4.62. The topological polar surface area (TPSA) is 66.4 Å². The van der Waals surface area contributed by atoms with E-state index in [1.165, 1.54) is 6.07 Å². The second-order valence-corrected chi connectivity index (χ2v) is 5.03. The van der Waals surface area contributed by atoms with E-state index in [2.05, 4.69) is 5.32 Å². The van der Waals surface area contributed by atoms with Crippen LogP contribution in [0.5, 0.6) is 0 Å². The molecule has 0 saturated heterocycles. The van der Waals surface area contributed by atoms with Crippen LogP contribution in [-0.2, 0) is 11.2 Å². The number of para-hydroxylation sites is 1. The Morgan fingerprint density at radius 2 is 1.86 bits per heavy atom. The molecule has 0 atom stereocenters. The van der Waals surface area contributed by atoms with Gasteiger partial charge in [-0.1, -0.05) is 41.9 Å². The van der Waals surface area contributed by atoms with Gasteiger partial charge in [-0.2, -0.15) is 0 Å². The smallest absolute Gasteiger partial charge is 0.335 e. The fourth-order valence-corrected chi connectivity index (χ4v) is 2.30. The highest BCUT2D eigenvalue weighted by molar-refractivity contribution is 6.33. The standard InChI is InChI=1S/C16H14ClNO3/c1-10-5-4-8-13(17)15(10)18-14(19)9-11-6-2-3-7-12(11)16(20)21/h2-8H,9H2,1H3,(H,18,19)(H,20,21). The van der Waals surface area contributed by atoms with E-state index in [1.807, 2.05) is 13.0 Å². The maximum Gasteiger partial charge on any atom is 0.335 e. The van der Waals surface area contributed by atoms with Crippen LogP contribution in [0.25, 0.3) is 0 Å². The average molecular weight is 304 g/mol. The number of carboxylic acids is 1. The minimum absolute atomic E-state index is 0.0207. The van der Waals surface area contributed by atoms with Crippen molar-refractivity contribution < 1.29 is 14.7 Å². The first-order valence-corrected chi connectivity index (χ1v) is 6.73. The lowest BCUT2D eigenvalue weighted by Crippen LogP contribution is -2.17. The summed E-state index contributed by atoms with van der Waals surface area (Å²) >= 11 is 6.05. The molecule has 21 heavy (non-hydrogen) atoms. The Bertz CT molecular complexity index is 677. The molecular formula is C16H14ClNO3. The average Bonchev–Trinajstić information content (AvgIpc) is 2.43. The lowest BCUT2D eigenvalue weighted by molar-refractivity contribution is -0.115. The number of aryl methyl sites for hydroxylation is 1. The summed E-state index contributed by atoms with van der Waals surface area (Å²) in [5.74, 6) is -1.35. The lowest BCUT2D eigenvalue weighted by Gasteiger charge is -2.11. The highest BCUT2D eigenvalue weighted by Crippen LogP contribution is 2.25. The molecule has 2 rings (SSSR count). The molecule has 1 amide bonds. The molecule has 0 aliphatic heterocycles. The zero-order valence-corrected chi connectivity index (χ0v) is 12.1. The first-order chi connectivity index (χ1) is 9.99. The molecule has 0 unspecified atom stereocenters. The molecular weight excluding hydrogens is 290 g/mol. The molecule has 2 aromatic carbocycles. The number of carbonyl (C=O) groups is 2. The third-order valence-corrected chi connectivity index (χ3v) is 3.40. The maximum absolute atomic E-state index is 12.1. The number of carbonyl (C=O) groups excluding carboxylic acids is 1. The van der Waals surface area contributed by atoms with Crippen LogP contribution in [0.15, 0.2) is 42.5 Å². The first-order valence-electron chi connectivity index (χ1n) is 6.35. The van der Waals surface area contributed by atoms with Crippen molar-refractivity contribution in [3.63, 3.8) is 0 Å². The zero-order valence-electron chi connectivity index (χ0n) is 11.4. The van der Waals surface area contributed by atoms with Gasteiger partial charge in [-0.05, 0) is 30.2 Å². The van der Waals surface area contributed by atoms with Gasteiger partial charge in [-0.25, -0.2) is 4.79 Å². The van der Waals surface area contributed by atoms with Crippen LogP contribution in [0.1, 0.15) is 21.5 Å². The van der Waals surface area contributed by atoms with Crippen LogP contribution in [-0.4, -0.2) is 17.0 Å². The number of carboxylic acid groups (broad SMARTS) is 1. The van der Waals surface area contributed by atoms with Gasteiger partial charge in [-0.15, -0.1) is 0 Å². The molecule has 0 aliphatic rings. The number of anilines is 1. The van der Waals surface area contributed by atoms with Gasteiger partial charge in [0.05, 0.1) is 22.7 Å². The van der Waals surface area contributed by atoms with E-state index < -0.39 is 5.97 Å². The molecule has 0 fully saturated rings. The van der Waals surface area contributed by atoms with Crippen molar-refractivity contribution in [3.8, 4) is 0 Å². The molecule has 0 saturated carbocycles. The monoisotopic (exact) mass is 303 g/mol. The van der Waals surface area contributed by atoms with Crippen molar-refractivity contribution in [2.75, 3.05) is 5.32 Å². The molecule has 0 spiro atoms. The van der Waals surface area contributed by atoms with Gasteiger partial charge in [0, 0.05) is 0 Å². The third kappa shape index (κ3) is 3.61. The van der Waals surface area contributed by atoms with Gasteiger partial charge in [-0.3, -0.25) is 4.79 Å². The van der Waals surface area contributed by atoms with Gasteiger partial charge in [0.15, 0.2) is 0 Å². The summed E-state index contributed by atoms with van der Waals surface area (Å²) in [4.78, 5) is 23.2. The van der Waals surface area contributed by atoms with E-state index in [4.69, 9.17) is 16.7 Å². The first kappa shape index (κ1) is 15.1. The van der Waals surface area contributed by atoms with E-state index in [9.17, 15) is 9.59 Å². The van der Waals surface area contributed by atoms with Crippen molar-refractivity contribution in [3.05, 3.63) is 64.2 Å². The largest absolute Gasteiger partial charge is 0.478 e. The maximum atomic E-state index is 12.1. The molecule has 2 N–H and O–H groups in total. The number of nitrogens with one attached hydrogen (secondary N) is 1. The van der Waals surface area contributed by atoms with Crippen LogP contribution in [0.2, 0.25) is 5.02 Å². The Kier molecular flexibility index (Phi) is 4.60. The molecule has 108 valence electrons. The zero-order chi connectivity index (χ0) is 15.4. The summed E-state index contributed by atoms with van der Waals surface area (Å²) in [5.41, 5.74) is 2.00. The number of aromatic carboxylic acids is 1. The van der Waals surface area contributed by atoms with Crippen molar-refractivity contribution >= 4 is 29.2 Å². The molecule has 0 aliphatic carbocycles. The van der Waals surface area contributed by atoms with E-state index in [-0.39, 0.29) is 17.9 Å². The Hall–Kier alpha value is -2.33. The molecule has 4 nitrogen and oxygen atoms in total. The van der Waals surface area contributed by atoms with Crippen LogP contribution in [0, 0.1) is 6.92 Å². The fourth-order valence-electron chi connectivity index (χ4n) is 2.03. The number of halogens is 1. The van der Waals surface area contributed by atoms with Crippen molar-refractivity contribution in [1.82, 2.24) is 0 Å². The summed E-state index contributed by atoms with van der Waals surface area (Å²) in [6, 6.07) is 11.8. The predicted molar refractivity (Wildman–Crippen MR) is 81.9 cm³/mol. The molecule has 0 aromatic heterocycles. The van der Waals surface area contributed by atoms with Gasteiger partial charge < -0.3 is 10.4 Å². The van der Waals surface area contributed by atoms with E-state index in [0.717, 1.165) is 5.56 Å². The van der Waals surface area contributed by atoms with Crippen molar-refractivity contribution in [2.24, 2.45) is 0 Å². The number of rotatable bonds is 4. The van der Waals surface area contributed by atoms with Crippen LogP contribution in [0.3, 0.4) is 0 Å². The molecule has 0 heterocycles. The van der Waals surface area contributed by atoms with Gasteiger partial charge in [0.1, 0.15) is 0 Å². The van der Waals surface area contributed by atoms with Crippen molar-refractivity contribution in [1.29, 1.82) is 0 Å². The normalized spacial score (nSPS) is 10.2. The highest BCUT2D eigenvalue weighted by Gasteiger charge is 2.14. The summed E-state index contributed by atoms with van der Waals surface area (Å²) in [7, 11) is 0. The third-order valence-electron chi connectivity index (χ3n) is 3.09. The summed E-state index contributed by atoms with van der Waals surface area (Å²) in [5, 5.41) is 12.3. The quantitative estimate of drug-likeness (QED) is 0.908. The number of hydrogen-bond donors (Lipinski definition) is 2. The van der Waals surface area contributed by atoms with Crippen LogP contribution < -0.4 is 5.32 Å². The number of benzene rings is 2. The SMILES string of the molecule is Cc1cccc(Cl)c1NC(=O)Cc1ccccc1C(=O)O. The summed E-state index contributed by atoms with van der Waals surface area (Å²) in [6.07, 6.45) is -0.0207. The van der Waals surface area contributed by atoms with Crippen molar-refractivity contribution in [2.45, 2.75) is 13.3 Å². The fraction of sp³-hybridized carbons (Fsp3) is 0.125. The lowest BCUT2D eigenvalue weighted by atomic mass is 10.0. The molecule has 5 heteroatoms. The number of hydrogen-bond acceptors (Lipinski definition) is 2. The van der Waals surface area contributed by atoms with E-state index >= 15 is 0 Å². The van der Waals surface area contributed by atoms with E-state index in [1.54, 1.807) is 30.3 Å². The minimum atomic E-state index is -1.05. The Morgan fingerprint density at radius 1 is 1.14 bits per heavy atom. The predicted octanol–water partition coefficient (Wildman–Crippen LogP) is 3.53. The summed E-state index contributed by atoms with van der Waals surface area (Å²) in [6.45, 7) is 1.84. The molecule has 0 radical (unpaired) electrons. The van der Waals surface area contributed by atoms with Gasteiger partial charge in [0.2, 0.25) is 5.91 Å². The second kappa shape index (κ2) is 6.41. The minimum Gasteiger partial charge on any atom is -0.478 e. The molecule has 0 bridgehead atoms.